The minimum absolute atomic E-state index is 0.241. The quantitative estimate of drug-likeness (QED) is 0.415. The molecule has 4 nitrogen and oxygen atoms in total. The van der Waals surface area contributed by atoms with Crippen LogP contribution in [0.15, 0.2) is 78.9 Å². The first-order chi connectivity index (χ1) is 14.6. The molecular formula is C25H20ClNO3. The largest absolute Gasteiger partial charge is 0.457 e. The number of carbonyl (C=O) groups excluding carboxylic acids is 1. The summed E-state index contributed by atoms with van der Waals surface area (Å²) in [5.41, 5.74) is 1.77. The second-order valence-electron chi connectivity index (χ2n) is 7.34. The Labute approximate surface area is 180 Å². The molecule has 3 aromatic rings. The van der Waals surface area contributed by atoms with Crippen molar-refractivity contribution in [1.82, 2.24) is 0 Å². The molecule has 0 radical (unpaired) electrons. The lowest BCUT2D eigenvalue weighted by Gasteiger charge is -2.13. The van der Waals surface area contributed by atoms with E-state index in [1.165, 1.54) is 5.56 Å². The van der Waals surface area contributed by atoms with Crippen LogP contribution in [0.4, 0.5) is 0 Å². The van der Waals surface area contributed by atoms with E-state index in [-0.39, 0.29) is 11.9 Å². The van der Waals surface area contributed by atoms with E-state index in [9.17, 15) is 10.1 Å². The molecule has 0 N–H and O–H groups in total. The Morgan fingerprint density at radius 2 is 1.77 bits per heavy atom. The van der Waals surface area contributed by atoms with Gasteiger partial charge in [0.1, 0.15) is 17.6 Å². The standard InChI is InChI=1S/C25H20ClNO3/c26-20-11-9-17(10-12-20)23-14-19(23)15-25(28)30-24(16-27)18-5-4-8-22(13-18)29-21-6-2-1-3-7-21/h1-13,19,23-24H,14-15H2. The Balaban J connectivity index is 1.35. The predicted molar refractivity (Wildman–Crippen MR) is 114 cm³/mol. The number of rotatable bonds is 7. The van der Waals surface area contributed by atoms with E-state index in [0.29, 0.717) is 34.4 Å². The van der Waals surface area contributed by atoms with Crippen LogP contribution >= 0.6 is 11.6 Å². The van der Waals surface area contributed by atoms with Crippen LogP contribution in [-0.4, -0.2) is 5.97 Å². The minimum atomic E-state index is -0.968. The van der Waals surface area contributed by atoms with Crippen molar-refractivity contribution < 1.29 is 14.3 Å². The average Bonchev–Trinajstić information content (AvgIpc) is 3.52. The van der Waals surface area contributed by atoms with Crippen LogP contribution in [0.5, 0.6) is 11.5 Å². The third-order valence-corrected chi connectivity index (χ3v) is 5.41. The van der Waals surface area contributed by atoms with Crippen LogP contribution in [-0.2, 0) is 9.53 Å². The molecule has 1 aliphatic rings. The van der Waals surface area contributed by atoms with Crippen LogP contribution in [0.3, 0.4) is 0 Å². The van der Waals surface area contributed by atoms with Crippen LogP contribution in [0.25, 0.3) is 0 Å². The van der Waals surface area contributed by atoms with Gasteiger partial charge >= 0.3 is 5.97 Å². The molecule has 1 saturated carbocycles. The summed E-state index contributed by atoms with van der Waals surface area (Å²) in [6.45, 7) is 0. The van der Waals surface area contributed by atoms with Gasteiger partial charge in [0.25, 0.3) is 0 Å². The first kappa shape index (κ1) is 20.0. The Bertz CT molecular complexity index is 1060. The highest BCUT2D eigenvalue weighted by Gasteiger charge is 2.40. The van der Waals surface area contributed by atoms with Crippen molar-refractivity contribution >= 4 is 17.6 Å². The van der Waals surface area contributed by atoms with Crippen molar-refractivity contribution in [3.63, 3.8) is 0 Å². The van der Waals surface area contributed by atoms with E-state index in [2.05, 4.69) is 6.07 Å². The molecule has 3 unspecified atom stereocenters. The van der Waals surface area contributed by atoms with E-state index in [1.54, 1.807) is 24.3 Å². The zero-order valence-corrected chi connectivity index (χ0v) is 17.0. The molecule has 0 bridgehead atoms. The Morgan fingerprint density at radius 3 is 2.50 bits per heavy atom. The van der Waals surface area contributed by atoms with Gasteiger partial charge < -0.3 is 9.47 Å². The number of para-hydroxylation sites is 1. The van der Waals surface area contributed by atoms with Crippen molar-refractivity contribution in [2.45, 2.75) is 24.9 Å². The Morgan fingerprint density at radius 1 is 1.03 bits per heavy atom. The Kier molecular flexibility index (Phi) is 6.02. The van der Waals surface area contributed by atoms with Crippen molar-refractivity contribution in [2.24, 2.45) is 5.92 Å². The zero-order valence-electron chi connectivity index (χ0n) is 16.2. The van der Waals surface area contributed by atoms with E-state index in [4.69, 9.17) is 21.1 Å². The van der Waals surface area contributed by atoms with Crippen LogP contribution in [0.2, 0.25) is 5.02 Å². The van der Waals surface area contributed by atoms with Gasteiger partial charge in [0.2, 0.25) is 6.10 Å². The molecule has 4 rings (SSSR count). The lowest BCUT2D eigenvalue weighted by atomic mass is 10.1. The maximum atomic E-state index is 12.4. The summed E-state index contributed by atoms with van der Waals surface area (Å²) in [6, 6.07) is 26.2. The minimum Gasteiger partial charge on any atom is -0.457 e. The van der Waals surface area contributed by atoms with Crippen LogP contribution in [0.1, 0.15) is 36.0 Å². The summed E-state index contributed by atoms with van der Waals surface area (Å²) in [7, 11) is 0. The molecule has 0 heterocycles. The predicted octanol–water partition coefficient (Wildman–Crippen LogP) is 6.43. The van der Waals surface area contributed by atoms with Crippen molar-refractivity contribution in [1.29, 1.82) is 5.26 Å². The van der Waals surface area contributed by atoms with Gasteiger partial charge in [-0.15, -0.1) is 0 Å². The number of hydrogen-bond donors (Lipinski definition) is 0. The topological polar surface area (TPSA) is 59.3 Å². The molecule has 5 heteroatoms. The summed E-state index contributed by atoms with van der Waals surface area (Å²) in [4.78, 5) is 12.4. The van der Waals surface area contributed by atoms with Crippen molar-refractivity contribution in [3.05, 3.63) is 95.0 Å². The molecule has 30 heavy (non-hydrogen) atoms. The molecule has 0 aromatic heterocycles. The van der Waals surface area contributed by atoms with Gasteiger partial charge in [-0.3, -0.25) is 4.79 Å². The first-order valence-corrected chi connectivity index (χ1v) is 10.2. The third-order valence-electron chi connectivity index (χ3n) is 5.16. The Hall–Kier alpha value is -3.29. The number of benzene rings is 3. The fourth-order valence-electron chi connectivity index (χ4n) is 3.52. The highest BCUT2D eigenvalue weighted by atomic mass is 35.5. The van der Waals surface area contributed by atoms with E-state index < -0.39 is 6.10 Å². The summed E-state index contributed by atoms with van der Waals surface area (Å²) in [5.74, 6) is 1.50. The van der Waals surface area contributed by atoms with E-state index in [0.717, 1.165) is 6.42 Å². The van der Waals surface area contributed by atoms with Gasteiger partial charge in [-0.05, 0) is 60.2 Å². The number of ether oxygens (including phenoxy) is 2. The molecular weight excluding hydrogens is 398 g/mol. The van der Waals surface area contributed by atoms with Crippen molar-refractivity contribution in [2.75, 3.05) is 0 Å². The van der Waals surface area contributed by atoms with Crippen LogP contribution < -0.4 is 4.74 Å². The monoisotopic (exact) mass is 417 g/mol. The molecule has 0 saturated heterocycles. The second kappa shape index (κ2) is 9.02. The number of carbonyl (C=O) groups is 1. The summed E-state index contributed by atoms with van der Waals surface area (Å²) in [5, 5.41) is 10.2. The second-order valence-corrected chi connectivity index (χ2v) is 7.78. The average molecular weight is 418 g/mol. The normalized spacial score (nSPS) is 18.1. The van der Waals surface area contributed by atoms with Crippen molar-refractivity contribution in [3.8, 4) is 17.6 Å². The number of hydrogen-bond acceptors (Lipinski definition) is 4. The fraction of sp³-hybridized carbons (Fsp3) is 0.200. The summed E-state index contributed by atoms with van der Waals surface area (Å²) < 4.78 is 11.3. The fourth-order valence-corrected chi connectivity index (χ4v) is 3.65. The lowest BCUT2D eigenvalue weighted by molar-refractivity contribution is -0.147. The molecule has 1 aliphatic carbocycles. The maximum Gasteiger partial charge on any atom is 0.307 e. The van der Waals surface area contributed by atoms with E-state index >= 15 is 0 Å². The van der Waals surface area contributed by atoms with Gasteiger partial charge in [0.05, 0.1) is 0 Å². The molecule has 0 amide bonds. The number of halogens is 1. The SMILES string of the molecule is N#CC(OC(=O)CC1CC1c1ccc(Cl)cc1)c1cccc(Oc2ccccc2)c1. The molecule has 0 spiro atoms. The highest BCUT2D eigenvalue weighted by molar-refractivity contribution is 6.30. The van der Waals surface area contributed by atoms with Gasteiger partial charge in [-0.25, -0.2) is 0 Å². The third kappa shape index (κ3) is 5.00. The molecule has 1 fully saturated rings. The molecule has 3 aromatic carbocycles. The van der Waals surface area contributed by atoms with Gasteiger partial charge in [0.15, 0.2) is 0 Å². The van der Waals surface area contributed by atoms with Gasteiger partial charge in [0, 0.05) is 17.0 Å². The van der Waals surface area contributed by atoms with Gasteiger partial charge in [-0.2, -0.15) is 5.26 Å². The summed E-state index contributed by atoms with van der Waals surface area (Å²) in [6.07, 6.45) is 0.268. The number of esters is 1. The van der Waals surface area contributed by atoms with Crippen LogP contribution in [0, 0.1) is 17.2 Å². The highest BCUT2D eigenvalue weighted by Crippen LogP contribution is 2.50. The smallest absolute Gasteiger partial charge is 0.307 e. The van der Waals surface area contributed by atoms with E-state index in [1.807, 2.05) is 54.6 Å². The molecule has 0 aliphatic heterocycles. The van der Waals surface area contributed by atoms with Gasteiger partial charge in [-0.1, -0.05) is 54.1 Å². The number of nitriles is 1. The lowest BCUT2D eigenvalue weighted by Crippen LogP contribution is -2.11. The summed E-state index contributed by atoms with van der Waals surface area (Å²) >= 11 is 5.93. The maximum absolute atomic E-state index is 12.4. The molecule has 3 atom stereocenters. The zero-order chi connectivity index (χ0) is 20.9. The first-order valence-electron chi connectivity index (χ1n) is 9.80. The molecule has 150 valence electrons. The number of nitrogens with zero attached hydrogens (tertiary/aromatic N) is 1.